The smallest absolute Gasteiger partial charge is 0.249 e. The number of aliphatic hydroxyl groups excluding tert-OH is 1. The molecule has 4 heterocycles. The molecule has 1 aromatic rings. The van der Waals surface area contributed by atoms with Gasteiger partial charge in [-0.1, -0.05) is 95.2 Å². The van der Waals surface area contributed by atoms with Crippen molar-refractivity contribution < 1.29 is 24.2 Å². The monoisotopic (exact) mass is 619 g/mol. The predicted octanol–water partition coefficient (Wildman–Crippen LogP) is 5.11. The van der Waals surface area contributed by atoms with Gasteiger partial charge in [0.05, 0.1) is 17.4 Å². The van der Waals surface area contributed by atoms with Crippen LogP contribution >= 0.6 is 0 Å². The van der Waals surface area contributed by atoms with Crippen molar-refractivity contribution in [3.63, 3.8) is 0 Å². The van der Waals surface area contributed by atoms with Gasteiger partial charge in [-0.2, -0.15) is 0 Å². The molecule has 1 unspecified atom stereocenters. The minimum atomic E-state index is -1.25. The van der Waals surface area contributed by atoms with Gasteiger partial charge in [0.1, 0.15) is 11.6 Å². The summed E-state index contributed by atoms with van der Waals surface area (Å²) in [6, 6.07) is 9.06. The zero-order valence-corrected chi connectivity index (χ0v) is 28.1. The lowest BCUT2D eigenvalue weighted by molar-refractivity contribution is -0.157. The molecule has 246 valence electrons. The van der Waals surface area contributed by atoms with Crippen molar-refractivity contribution in [2.24, 2.45) is 17.3 Å². The van der Waals surface area contributed by atoms with E-state index in [0.717, 1.165) is 24.8 Å². The van der Waals surface area contributed by atoms with Gasteiger partial charge < -0.3 is 24.5 Å². The molecule has 5 rings (SSSR count). The number of rotatable bonds is 11. The van der Waals surface area contributed by atoms with Crippen LogP contribution in [0.1, 0.15) is 85.6 Å². The van der Waals surface area contributed by atoms with Crippen LogP contribution in [0.25, 0.3) is 0 Å². The van der Waals surface area contributed by atoms with Gasteiger partial charge in [-0.15, -0.1) is 0 Å². The minimum absolute atomic E-state index is 0.0132. The third kappa shape index (κ3) is 6.12. The third-order valence-corrected chi connectivity index (χ3v) is 10.2. The summed E-state index contributed by atoms with van der Waals surface area (Å²) >= 11 is 0. The zero-order valence-electron chi connectivity index (χ0n) is 28.1. The van der Waals surface area contributed by atoms with Gasteiger partial charge in [0.2, 0.25) is 17.7 Å². The summed E-state index contributed by atoms with van der Waals surface area (Å²) in [6.07, 6.45) is 12.4. The molecule has 5 atom stereocenters. The number of aliphatic hydroxyl groups is 1. The molecule has 4 aliphatic heterocycles. The normalized spacial score (nSPS) is 30.0. The molecule has 0 bridgehead atoms. The van der Waals surface area contributed by atoms with Crippen molar-refractivity contribution in [2.45, 2.75) is 109 Å². The van der Waals surface area contributed by atoms with E-state index in [9.17, 15) is 19.5 Å². The lowest BCUT2D eigenvalue weighted by Gasteiger charge is -2.45. The fourth-order valence-electron chi connectivity index (χ4n) is 8.68. The maximum atomic E-state index is 14.9. The average Bonchev–Trinajstić information content (AvgIpc) is 3.26. The summed E-state index contributed by atoms with van der Waals surface area (Å²) in [5.74, 6) is -1.93. The van der Waals surface area contributed by atoms with Crippen LogP contribution in [0.4, 0.5) is 0 Å². The number of amides is 3. The number of unbranched alkanes of at least 4 members (excludes halogenated alkanes) is 3. The molecule has 4 aliphatic rings. The Bertz CT molecular complexity index is 1320. The van der Waals surface area contributed by atoms with E-state index in [-0.39, 0.29) is 29.7 Å². The Morgan fingerprint density at radius 3 is 2.22 bits per heavy atom. The van der Waals surface area contributed by atoms with Crippen LogP contribution in [0.2, 0.25) is 0 Å². The van der Waals surface area contributed by atoms with Crippen LogP contribution in [0, 0.1) is 17.3 Å². The van der Waals surface area contributed by atoms with Crippen molar-refractivity contribution in [1.82, 2.24) is 14.7 Å². The maximum Gasteiger partial charge on any atom is 0.249 e. The molecule has 8 heteroatoms. The van der Waals surface area contributed by atoms with E-state index in [2.05, 4.69) is 34.6 Å². The first-order valence-electron chi connectivity index (χ1n) is 16.9. The summed E-state index contributed by atoms with van der Waals surface area (Å²) in [5, 5.41) is 9.27. The van der Waals surface area contributed by atoms with Gasteiger partial charge in [-0.05, 0) is 50.5 Å². The van der Waals surface area contributed by atoms with Crippen LogP contribution in [-0.2, 0) is 25.7 Å². The molecule has 2 fully saturated rings. The molecule has 1 spiro atoms. The standard InChI is InChI=1S/C37H53N3O5/c1-7-36-19-15-21-38(25-27-17-11-10-12-18-27)31(42)28(36)29-32(43)39(22-13-8-9-14-24-41)30-33(44)40(23-16-20-37(29,30)45-36)35(5,6)26-34(2,3)4/h10-12,15-20,28-30,41H,7-9,13-14,21-26H2,1-6H3/t28-,29+,30?,36+,37+/m1/s1. The molecular weight excluding hydrogens is 566 g/mol. The van der Waals surface area contributed by atoms with Gasteiger partial charge in [0, 0.05) is 38.3 Å². The van der Waals surface area contributed by atoms with Crippen molar-refractivity contribution in [2.75, 3.05) is 26.2 Å². The molecule has 0 saturated carbocycles. The molecule has 45 heavy (non-hydrogen) atoms. The van der Waals surface area contributed by atoms with Crippen LogP contribution in [0.5, 0.6) is 0 Å². The predicted molar refractivity (Wildman–Crippen MR) is 175 cm³/mol. The van der Waals surface area contributed by atoms with E-state index < -0.39 is 34.6 Å². The summed E-state index contributed by atoms with van der Waals surface area (Å²) in [6.45, 7) is 14.6. The van der Waals surface area contributed by atoms with Gasteiger partial charge in [-0.3, -0.25) is 14.4 Å². The Hall–Kier alpha value is -2.97. The van der Waals surface area contributed by atoms with Crippen molar-refractivity contribution in [3.8, 4) is 0 Å². The van der Waals surface area contributed by atoms with E-state index in [1.165, 1.54) is 0 Å². The van der Waals surface area contributed by atoms with Crippen LogP contribution < -0.4 is 0 Å². The van der Waals surface area contributed by atoms with E-state index in [4.69, 9.17) is 4.74 Å². The number of carbonyl (C=O) groups is 3. The second-order valence-corrected chi connectivity index (χ2v) is 15.3. The number of carbonyl (C=O) groups excluding carboxylic acids is 3. The molecule has 0 radical (unpaired) electrons. The number of ether oxygens (including phenoxy) is 1. The van der Waals surface area contributed by atoms with E-state index in [1.807, 2.05) is 71.4 Å². The molecule has 1 N–H and O–H groups in total. The lowest BCUT2D eigenvalue weighted by Crippen LogP contribution is -2.60. The number of likely N-dealkylation sites (tertiary alicyclic amines) is 1. The highest BCUT2D eigenvalue weighted by Crippen LogP contribution is 2.59. The van der Waals surface area contributed by atoms with E-state index in [0.29, 0.717) is 45.4 Å². The fourth-order valence-corrected chi connectivity index (χ4v) is 8.68. The lowest BCUT2D eigenvalue weighted by atomic mass is 9.72. The van der Waals surface area contributed by atoms with Crippen molar-refractivity contribution >= 4 is 17.7 Å². The minimum Gasteiger partial charge on any atom is -0.396 e. The zero-order chi connectivity index (χ0) is 32.6. The number of hydrogen-bond acceptors (Lipinski definition) is 5. The molecule has 2 saturated heterocycles. The Kier molecular flexibility index (Phi) is 9.40. The Balaban J connectivity index is 1.57. The Morgan fingerprint density at radius 1 is 0.867 bits per heavy atom. The van der Waals surface area contributed by atoms with Crippen molar-refractivity contribution in [3.05, 3.63) is 60.2 Å². The van der Waals surface area contributed by atoms with Crippen LogP contribution in [0.15, 0.2) is 54.6 Å². The average molecular weight is 620 g/mol. The quantitative estimate of drug-likeness (QED) is 0.275. The highest BCUT2D eigenvalue weighted by Gasteiger charge is 2.75. The largest absolute Gasteiger partial charge is 0.396 e. The summed E-state index contributed by atoms with van der Waals surface area (Å²) < 4.78 is 7.16. The summed E-state index contributed by atoms with van der Waals surface area (Å²) in [5.41, 5.74) is -1.69. The maximum absolute atomic E-state index is 14.9. The second kappa shape index (κ2) is 12.7. The molecule has 0 aliphatic carbocycles. The SMILES string of the molecule is CC[C@]12C=CCN(Cc3ccccc3)C(=O)[C@H]1[C@H]1C(=O)N(CCCCCCO)C3C(=O)N(C(C)(C)CC(C)(C)C)CC=C[C@@]31O2. The summed E-state index contributed by atoms with van der Waals surface area (Å²) in [4.78, 5) is 49.8. The van der Waals surface area contributed by atoms with Crippen LogP contribution in [-0.4, -0.2) is 86.6 Å². The molecule has 1 aromatic carbocycles. The topological polar surface area (TPSA) is 90.4 Å². The number of benzene rings is 1. The highest BCUT2D eigenvalue weighted by molar-refractivity contribution is 6.00. The summed E-state index contributed by atoms with van der Waals surface area (Å²) in [7, 11) is 0. The van der Waals surface area contributed by atoms with Gasteiger partial charge in [0.15, 0.2) is 0 Å². The number of fused-ring (bicyclic) bond motifs is 2. The number of nitrogens with zero attached hydrogens (tertiary/aromatic N) is 3. The van der Waals surface area contributed by atoms with Gasteiger partial charge >= 0.3 is 0 Å². The highest BCUT2D eigenvalue weighted by atomic mass is 16.5. The molecule has 3 amide bonds. The first-order valence-corrected chi connectivity index (χ1v) is 16.9. The van der Waals surface area contributed by atoms with E-state index >= 15 is 0 Å². The van der Waals surface area contributed by atoms with E-state index in [1.54, 1.807) is 4.90 Å². The molecule has 8 nitrogen and oxygen atoms in total. The first kappa shape index (κ1) is 33.4. The van der Waals surface area contributed by atoms with Gasteiger partial charge in [0.25, 0.3) is 0 Å². The molecule has 0 aromatic heterocycles. The first-order chi connectivity index (χ1) is 21.3. The Morgan fingerprint density at radius 2 is 1.56 bits per heavy atom. The third-order valence-electron chi connectivity index (χ3n) is 10.2. The van der Waals surface area contributed by atoms with Gasteiger partial charge in [-0.25, -0.2) is 0 Å². The van der Waals surface area contributed by atoms with Crippen LogP contribution in [0.3, 0.4) is 0 Å². The molecular formula is C37H53N3O5. The Labute approximate surface area is 269 Å². The second-order valence-electron chi connectivity index (χ2n) is 15.3. The number of hydrogen-bond donors (Lipinski definition) is 1. The van der Waals surface area contributed by atoms with Crippen molar-refractivity contribution in [1.29, 1.82) is 0 Å². The fraction of sp³-hybridized carbons (Fsp3) is 0.649.